The lowest BCUT2D eigenvalue weighted by Crippen LogP contribution is -2.46. The Hall–Kier alpha value is -1.57. The highest BCUT2D eigenvalue weighted by Crippen LogP contribution is 2.40. The standard InChI is InChI=1S/C14H17F3N2O3/c15-14(16,17)13(21)4-1-6-19(7-5-13)12(20)11-8-10(18-22-11)9-2-3-9/h8-9,21H,1-7H2. The van der Waals surface area contributed by atoms with Crippen molar-refractivity contribution in [2.24, 2.45) is 0 Å². The van der Waals surface area contributed by atoms with Gasteiger partial charge >= 0.3 is 6.18 Å². The molecule has 2 fully saturated rings. The van der Waals surface area contributed by atoms with Crippen LogP contribution < -0.4 is 0 Å². The number of hydrogen-bond donors (Lipinski definition) is 1. The fourth-order valence-corrected chi connectivity index (χ4v) is 2.72. The van der Waals surface area contributed by atoms with E-state index in [4.69, 9.17) is 4.52 Å². The number of amides is 1. The first kappa shape index (κ1) is 15.3. The quantitative estimate of drug-likeness (QED) is 0.910. The van der Waals surface area contributed by atoms with Crippen LogP contribution >= 0.6 is 0 Å². The van der Waals surface area contributed by atoms with Crippen molar-refractivity contribution in [3.63, 3.8) is 0 Å². The highest BCUT2D eigenvalue weighted by atomic mass is 19.4. The first-order chi connectivity index (χ1) is 10.3. The number of carbonyl (C=O) groups excluding carboxylic acids is 1. The molecule has 22 heavy (non-hydrogen) atoms. The summed E-state index contributed by atoms with van der Waals surface area (Å²) in [4.78, 5) is 13.6. The first-order valence-electron chi connectivity index (χ1n) is 7.35. The van der Waals surface area contributed by atoms with Gasteiger partial charge in [-0.3, -0.25) is 4.79 Å². The number of alkyl halides is 3. The molecule has 1 aliphatic carbocycles. The lowest BCUT2D eigenvalue weighted by Gasteiger charge is -2.29. The van der Waals surface area contributed by atoms with Gasteiger partial charge < -0.3 is 14.5 Å². The van der Waals surface area contributed by atoms with Gasteiger partial charge in [0, 0.05) is 31.5 Å². The van der Waals surface area contributed by atoms with Crippen LogP contribution in [0.1, 0.15) is 54.3 Å². The van der Waals surface area contributed by atoms with Gasteiger partial charge in [-0.15, -0.1) is 0 Å². The smallest absolute Gasteiger partial charge is 0.380 e. The summed E-state index contributed by atoms with van der Waals surface area (Å²) < 4.78 is 43.6. The van der Waals surface area contributed by atoms with Gasteiger partial charge in [0.05, 0.1) is 5.69 Å². The first-order valence-corrected chi connectivity index (χ1v) is 7.35. The monoisotopic (exact) mass is 318 g/mol. The summed E-state index contributed by atoms with van der Waals surface area (Å²) in [5.41, 5.74) is -1.99. The fraction of sp³-hybridized carbons (Fsp3) is 0.714. The molecular formula is C14H17F3N2O3. The van der Waals surface area contributed by atoms with Crippen LogP contribution in [-0.2, 0) is 0 Å². The number of nitrogens with zero attached hydrogens (tertiary/aromatic N) is 2. The highest BCUT2D eigenvalue weighted by Gasteiger charge is 2.53. The molecule has 1 atom stereocenters. The molecule has 3 rings (SSSR count). The molecule has 0 aromatic carbocycles. The normalized spacial score (nSPS) is 26.8. The van der Waals surface area contributed by atoms with Gasteiger partial charge in [0.2, 0.25) is 5.76 Å². The minimum Gasteiger partial charge on any atom is -0.380 e. The molecule has 1 N–H and O–H groups in total. The number of carbonyl (C=O) groups is 1. The zero-order valence-electron chi connectivity index (χ0n) is 11.9. The Kier molecular flexibility index (Phi) is 3.66. The van der Waals surface area contributed by atoms with Crippen molar-refractivity contribution in [1.29, 1.82) is 0 Å². The van der Waals surface area contributed by atoms with E-state index in [2.05, 4.69) is 5.16 Å². The predicted octanol–water partition coefficient (Wildman–Crippen LogP) is 2.47. The van der Waals surface area contributed by atoms with Crippen LogP contribution in [-0.4, -0.2) is 45.9 Å². The zero-order chi connectivity index (χ0) is 16.0. The van der Waals surface area contributed by atoms with E-state index in [-0.39, 0.29) is 25.3 Å². The molecule has 8 heteroatoms. The van der Waals surface area contributed by atoms with E-state index in [1.54, 1.807) is 6.07 Å². The molecule has 1 aromatic heterocycles. The van der Waals surface area contributed by atoms with E-state index in [9.17, 15) is 23.1 Å². The summed E-state index contributed by atoms with van der Waals surface area (Å²) in [6, 6.07) is 1.57. The molecule has 1 aromatic rings. The number of hydrogen-bond acceptors (Lipinski definition) is 4. The maximum Gasteiger partial charge on any atom is 0.417 e. The summed E-state index contributed by atoms with van der Waals surface area (Å²) >= 11 is 0. The lowest BCUT2D eigenvalue weighted by atomic mass is 9.94. The number of aliphatic hydroxyl groups is 1. The zero-order valence-corrected chi connectivity index (χ0v) is 11.9. The summed E-state index contributed by atoms with van der Waals surface area (Å²) in [6.45, 7) is 0.00495. The molecule has 1 aliphatic heterocycles. The number of rotatable bonds is 2. The van der Waals surface area contributed by atoms with Crippen LogP contribution in [0.2, 0.25) is 0 Å². The molecule has 1 unspecified atom stereocenters. The Morgan fingerprint density at radius 1 is 1.36 bits per heavy atom. The fourth-order valence-electron chi connectivity index (χ4n) is 2.72. The largest absolute Gasteiger partial charge is 0.417 e. The summed E-state index contributed by atoms with van der Waals surface area (Å²) in [7, 11) is 0. The topological polar surface area (TPSA) is 66.6 Å². The third-order valence-electron chi connectivity index (χ3n) is 4.36. The Morgan fingerprint density at radius 2 is 2.09 bits per heavy atom. The van der Waals surface area contributed by atoms with Crippen LogP contribution in [0.15, 0.2) is 10.6 Å². The highest BCUT2D eigenvalue weighted by molar-refractivity contribution is 5.91. The van der Waals surface area contributed by atoms with E-state index < -0.39 is 30.5 Å². The average molecular weight is 318 g/mol. The van der Waals surface area contributed by atoms with Crippen LogP contribution in [0.25, 0.3) is 0 Å². The summed E-state index contributed by atoms with van der Waals surface area (Å²) in [6.07, 6.45) is -3.48. The maximum atomic E-state index is 12.9. The van der Waals surface area contributed by atoms with E-state index in [0.29, 0.717) is 5.92 Å². The van der Waals surface area contributed by atoms with E-state index >= 15 is 0 Å². The Labute approximate surface area is 125 Å². The van der Waals surface area contributed by atoms with Crippen LogP contribution in [0, 0.1) is 0 Å². The molecule has 2 heterocycles. The van der Waals surface area contributed by atoms with Crippen molar-refractivity contribution in [3.8, 4) is 0 Å². The predicted molar refractivity (Wildman–Crippen MR) is 69.2 cm³/mol. The van der Waals surface area contributed by atoms with Crippen LogP contribution in [0.5, 0.6) is 0 Å². The second kappa shape index (κ2) is 5.26. The van der Waals surface area contributed by atoms with E-state index in [0.717, 1.165) is 18.5 Å². The van der Waals surface area contributed by atoms with Crippen LogP contribution in [0.4, 0.5) is 13.2 Å². The molecule has 0 bridgehead atoms. The molecular weight excluding hydrogens is 301 g/mol. The number of halogens is 3. The van der Waals surface area contributed by atoms with Crippen molar-refractivity contribution >= 4 is 5.91 Å². The second-order valence-electron chi connectivity index (χ2n) is 6.07. The van der Waals surface area contributed by atoms with Crippen molar-refractivity contribution in [3.05, 3.63) is 17.5 Å². The van der Waals surface area contributed by atoms with E-state index in [1.165, 1.54) is 4.90 Å². The van der Waals surface area contributed by atoms with Gasteiger partial charge in [0.1, 0.15) is 0 Å². The van der Waals surface area contributed by atoms with Gasteiger partial charge in [0.15, 0.2) is 5.60 Å². The minimum atomic E-state index is -4.68. The third kappa shape index (κ3) is 2.84. The molecule has 122 valence electrons. The van der Waals surface area contributed by atoms with Crippen molar-refractivity contribution in [2.45, 2.75) is 49.8 Å². The van der Waals surface area contributed by atoms with Crippen molar-refractivity contribution in [2.75, 3.05) is 13.1 Å². The van der Waals surface area contributed by atoms with Crippen molar-refractivity contribution < 1.29 is 27.6 Å². The molecule has 2 aliphatic rings. The number of aromatic nitrogens is 1. The molecule has 1 saturated carbocycles. The minimum absolute atomic E-state index is 0.0550. The second-order valence-corrected chi connectivity index (χ2v) is 6.07. The molecule has 1 amide bonds. The van der Waals surface area contributed by atoms with Gasteiger partial charge in [-0.1, -0.05) is 5.16 Å². The Bertz CT molecular complexity index is 568. The SMILES string of the molecule is O=C(c1cc(C2CC2)no1)N1CCCC(O)(C(F)(F)F)CC1. The maximum absolute atomic E-state index is 12.9. The van der Waals surface area contributed by atoms with Gasteiger partial charge in [-0.25, -0.2) is 0 Å². The Balaban J connectivity index is 1.68. The van der Waals surface area contributed by atoms with E-state index in [1.807, 2.05) is 0 Å². The average Bonchev–Trinajstić information content (AvgIpc) is 3.21. The molecule has 1 saturated heterocycles. The Morgan fingerprint density at radius 3 is 2.73 bits per heavy atom. The summed E-state index contributed by atoms with van der Waals surface area (Å²) in [5.74, 6) is -0.0741. The van der Waals surface area contributed by atoms with Gasteiger partial charge in [0.25, 0.3) is 5.91 Å². The van der Waals surface area contributed by atoms with Crippen molar-refractivity contribution in [1.82, 2.24) is 10.1 Å². The lowest BCUT2D eigenvalue weighted by molar-refractivity contribution is -0.263. The van der Waals surface area contributed by atoms with Gasteiger partial charge in [-0.2, -0.15) is 13.2 Å². The summed E-state index contributed by atoms with van der Waals surface area (Å²) in [5, 5.41) is 13.6. The van der Waals surface area contributed by atoms with Crippen LogP contribution in [0.3, 0.4) is 0 Å². The van der Waals surface area contributed by atoms with Gasteiger partial charge in [-0.05, 0) is 25.7 Å². The molecule has 0 spiro atoms. The number of likely N-dealkylation sites (tertiary alicyclic amines) is 1. The third-order valence-corrected chi connectivity index (χ3v) is 4.36. The molecule has 0 radical (unpaired) electrons. The molecule has 5 nitrogen and oxygen atoms in total.